The normalized spacial score (nSPS) is 10.7. The van der Waals surface area contributed by atoms with Crippen LogP contribution in [0.15, 0.2) is 79.0 Å². The van der Waals surface area contributed by atoms with Gasteiger partial charge in [0.1, 0.15) is 5.75 Å². The van der Waals surface area contributed by atoms with Gasteiger partial charge in [-0.2, -0.15) is 0 Å². The fourth-order valence-electron chi connectivity index (χ4n) is 3.21. The summed E-state index contributed by atoms with van der Waals surface area (Å²) in [5.41, 5.74) is 3.11. The number of carbonyl (C=O) groups is 2. The van der Waals surface area contributed by atoms with Gasteiger partial charge in [0.25, 0.3) is 5.91 Å². The lowest BCUT2D eigenvalue weighted by atomic mass is 10.1. The van der Waals surface area contributed by atoms with Crippen molar-refractivity contribution >= 4 is 40.1 Å². The average Bonchev–Trinajstić information content (AvgIpc) is 3.17. The number of para-hydroxylation sites is 1. The number of hydrogen-bond acceptors (Lipinski definition) is 3. The molecule has 6 heteroatoms. The number of esters is 1. The number of nitrogens with one attached hydrogen (secondary N) is 2. The molecule has 1 amide bonds. The van der Waals surface area contributed by atoms with Crippen LogP contribution >= 0.6 is 11.6 Å². The minimum atomic E-state index is -0.312. The zero-order valence-electron chi connectivity index (χ0n) is 16.0. The highest BCUT2D eigenvalue weighted by Gasteiger charge is 2.11. The monoisotopic (exact) mass is 418 g/mol. The largest absolute Gasteiger partial charge is 0.427 e. The number of rotatable bonds is 6. The molecule has 150 valence electrons. The van der Waals surface area contributed by atoms with E-state index < -0.39 is 0 Å². The molecule has 0 bridgehead atoms. The van der Waals surface area contributed by atoms with Gasteiger partial charge in [0, 0.05) is 22.8 Å². The van der Waals surface area contributed by atoms with Crippen LogP contribution in [0.2, 0.25) is 5.02 Å². The van der Waals surface area contributed by atoms with Crippen LogP contribution in [0.3, 0.4) is 0 Å². The van der Waals surface area contributed by atoms with Gasteiger partial charge >= 0.3 is 5.97 Å². The van der Waals surface area contributed by atoms with Crippen LogP contribution in [-0.4, -0.2) is 16.9 Å². The summed E-state index contributed by atoms with van der Waals surface area (Å²) in [4.78, 5) is 27.7. The number of fused-ring (bicyclic) bond motifs is 1. The Morgan fingerprint density at radius 3 is 2.47 bits per heavy atom. The highest BCUT2D eigenvalue weighted by molar-refractivity contribution is 6.34. The summed E-state index contributed by atoms with van der Waals surface area (Å²) in [5.74, 6) is -0.188. The van der Waals surface area contributed by atoms with E-state index in [2.05, 4.69) is 10.3 Å². The number of halogens is 1. The van der Waals surface area contributed by atoms with Crippen molar-refractivity contribution in [2.45, 2.75) is 12.8 Å². The summed E-state index contributed by atoms with van der Waals surface area (Å²) < 4.78 is 5.41. The number of aromatic nitrogens is 1. The van der Waals surface area contributed by atoms with E-state index in [0.29, 0.717) is 28.4 Å². The van der Waals surface area contributed by atoms with Crippen LogP contribution < -0.4 is 10.1 Å². The van der Waals surface area contributed by atoms with Crippen molar-refractivity contribution in [2.75, 3.05) is 5.32 Å². The molecule has 0 radical (unpaired) electrons. The molecule has 5 nitrogen and oxygen atoms in total. The number of hydrogen-bond donors (Lipinski definition) is 2. The molecule has 1 heterocycles. The lowest BCUT2D eigenvalue weighted by Gasteiger charge is -2.08. The second-order valence-corrected chi connectivity index (χ2v) is 7.20. The number of aryl methyl sites for hydroxylation is 1. The minimum absolute atomic E-state index is 0.271. The molecule has 0 spiro atoms. The van der Waals surface area contributed by atoms with E-state index >= 15 is 0 Å². The molecule has 0 aliphatic carbocycles. The lowest BCUT2D eigenvalue weighted by molar-refractivity contribution is -0.134. The van der Waals surface area contributed by atoms with E-state index in [1.807, 2.05) is 30.5 Å². The number of H-pyrrole nitrogens is 1. The maximum absolute atomic E-state index is 12.3. The molecule has 4 aromatic rings. The first kappa shape index (κ1) is 19.7. The molecular formula is C24H19ClN2O3. The number of benzene rings is 3. The summed E-state index contributed by atoms with van der Waals surface area (Å²) in [6.45, 7) is 0. The Kier molecular flexibility index (Phi) is 5.82. The fourth-order valence-corrected chi connectivity index (χ4v) is 3.43. The third-order valence-electron chi connectivity index (χ3n) is 4.74. The molecule has 2 N–H and O–H groups in total. The summed E-state index contributed by atoms with van der Waals surface area (Å²) in [7, 11) is 0. The van der Waals surface area contributed by atoms with Crippen LogP contribution in [0.4, 0.5) is 5.69 Å². The molecule has 3 aromatic carbocycles. The molecule has 4 rings (SSSR count). The van der Waals surface area contributed by atoms with Gasteiger partial charge in [-0.05, 0) is 54.4 Å². The quantitative estimate of drug-likeness (QED) is 0.315. The molecule has 0 saturated carbocycles. The zero-order chi connectivity index (χ0) is 20.9. The van der Waals surface area contributed by atoms with Crippen molar-refractivity contribution in [1.29, 1.82) is 0 Å². The summed E-state index contributed by atoms with van der Waals surface area (Å²) in [6.07, 6.45) is 2.79. The molecular weight excluding hydrogens is 400 g/mol. The van der Waals surface area contributed by atoms with Crippen LogP contribution in [0, 0.1) is 0 Å². The van der Waals surface area contributed by atoms with Crippen LogP contribution in [0.5, 0.6) is 5.75 Å². The van der Waals surface area contributed by atoms with Gasteiger partial charge in [-0.1, -0.05) is 41.9 Å². The third kappa shape index (κ3) is 4.53. The molecule has 30 heavy (non-hydrogen) atoms. The maximum atomic E-state index is 12.3. The van der Waals surface area contributed by atoms with Crippen LogP contribution in [0.25, 0.3) is 10.9 Å². The molecule has 0 saturated heterocycles. The van der Waals surface area contributed by atoms with Crippen molar-refractivity contribution in [1.82, 2.24) is 4.98 Å². The topological polar surface area (TPSA) is 71.2 Å². The number of amides is 1. The number of ether oxygens (including phenoxy) is 1. The van der Waals surface area contributed by atoms with E-state index in [-0.39, 0.29) is 18.3 Å². The van der Waals surface area contributed by atoms with Gasteiger partial charge in [0.15, 0.2) is 0 Å². The zero-order valence-corrected chi connectivity index (χ0v) is 16.8. The predicted octanol–water partition coefficient (Wildman–Crippen LogP) is 5.61. The Morgan fingerprint density at radius 1 is 0.933 bits per heavy atom. The number of aromatic amines is 1. The van der Waals surface area contributed by atoms with Crippen molar-refractivity contribution < 1.29 is 14.3 Å². The van der Waals surface area contributed by atoms with Crippen molar-refractivity contribution in [3.63, 3.8) is 0 Å². The van der Waals surface area contributed by atoms with Gasteiger partial charge in [-0.25, -0.2) is 0 Å². The van der Waals surface area contributed by atoms with Gasteiger partial charge in [-0.3, -0.25) is 9.59 Å². The van der Waals surface area contributed by atoms with Gasteiger partial charge in [-0.15, -0.1) is 0 Å². The molecule has 0 unspecified atom stereocenters. The van der Waals surface area contributed by atoms with Crippen molar-refractivity contribution in [3.05, 3.63) is 95.1 Å². The standard InChI is InChI=1S/C24H19ClN2O3/c25-21-7-3-1-6-20(21)24(29)27-17-10-12-18(13-11-17)30-23(28)14-9-16-15-26-22-8-4-2-5-19(16)22/h1-8,10-13,15,26H,9,14H2,(H,27,29). The first-order valence-electron chi connectivity index (χ1n) is 9.52. The van der Waals surface area contributed by atoms with E-state index in [0.717, 1.165) is 16.5 Å². The Labute approximate surface area is 178 Å². The summed E-state index contributed by atoms with van der Waals surface area (Å²) in [6, 6.07) is 21.5. The van der Waals surface area contributed by atoms with Crippen molar-refractivity contribution in [3.8, 4) is 5.75 Å². The summed E-state index contributed by atoms with van der Waals surface area (Å²) in [5, 5.41) is 4.27. The Bertz CT molecular complexity index is 1200. The predicted molar refractivity (Wildman–Crippen MR) is 118 cm³/mol. The van der Waals surface area contributed by atoms with E-state index in [4.69, 9.17) is 16.3 Å². The smallest absolute Gasteiger partial charge is 0.311 e. The molecule has 0 aliphatic rings. The SMILES string of the molecule is O=C(CCc1c[nH]c2ccccc12)Oc1ccc(NC(=O)c2ccccc2Cl)cc1. The molecule has 0 aliphatic heterocycles. The van der Waals surface area contributed by atoms with Gasteiger partial charge in [0.2, 0.25) is 0 Å². The number of anilines is 1. The van der Waals surface area contributed by atoms with Gasteiger partial charge < -0.3 is 15.0 Å². The third-order valence-corrected chi connectivity index (χ3v) is 5.07. The van der Waals surface area contributed by atoms with Crippen LogP contribution in [0.1, 0.15) is 22.3 Å². The molecule has 1 aromatic heterocycles. The summed E-state index contributed by atoms with van der Waals surface area (Å²) >= 11 is 6.05. The second kappa shape index (κ2) is 8.84. The lowest BCUT2D eigenvalue weighted by Crippen LogP contribution is -2.12. The molecule has 0 atom stereocenters. The minimum Gasteiger partial charge on any atom is -0.427 e. The van der Waals surface area contributed by atoms with Gasteiger partial charge in [0.05, 0.1) is 17.0 Å². The maximum Gasteiger partial charge on any atom is 0.311 e. The molecule has 0 fully saturated rings. The van der Waals surface area contributed by atoms with Crippen LogP contribution in [-0.2, 0) is 11.2 Å². The Balaban J connectivity index is 1.32. The highest BCUT2D eigenvalue weighted by atomic mass is 35.5. The Hall–Kier alpha value is -3.57. The fraction of sp³-hybridized carbons (Fsp3) is 0.0833. The second-order valence-electron chi connectivity index (χ2n) is 6.79. The first-order valence-corrected chi connectivity index (χ1v) is 9.89. The van der Waals surface area contributed by atoms with E-state index in [1.165, 1.54) is 0 Å². The first-order chi connectivity index (χ1) is 14.6. The van der Waals surface area contributed by atoms with E-state index in [9.17, 15) is 9.59 Å². The highest BCUT2D eigenvalue weighted by Crippen LogP contribution is 2.21. The average molecular weight is 419 g/mol. The number of carbonyl (C=O) groups excluding carboxylic acids is 2. The Morgan fingerprint density at radius 2 is 1.67 bits per heavy atom. The van der Waals surface area contributed by atoms with E-state index in [1.54, 1.807) is 48.5 Å². The van der Waals surface area contributed by atoms with Crippen molar-refractivity contribution in [2.24, 2.45) is 0 Å².